The molecular weight excluding hydrogens is 596 g/mol. The molecule has 39 heavy (non-hydrogen) atoms. The van der Waals surface area contributed by atoms with Crippen molar-refractivity contribution in [3.63, 3.8) is 0 Å². The van der Waals surface area contributed by atoms with Crippen molar-refractivity contribution in [2.24, 2.45) is 0 Å². The number of H-pyrrole nitrogens is 2. The van der Waals surface area contributed by atoms with E-state index in [0.717, 1.165) is 21.1 Å². The van der Waals surface area contributed by atoms with Gasteiger partial charge in [0.25, 0.3) is 11.1 Å². The fourth-order valence-electron chi connectivity index (χ4n) is 3.90. The van der Waals surface area contributed by atoms with Gasteiger partial charge in [0.2, 0.25) is 0 Å². The number of halogens is 1. The summed E-state index contributed by atoms with van der Waals surface area (Å²) in [5.74, 6) is 0.982. The van der Waals surface area contributed by atoms with Crippen LogP contribution in [-0.2, 0) is 0 Å². The Kier molecular flexibility index (Phi) is 6.93. The molecule has 0 radical (unpaired) electrons. The second-order valence-electron chi connectivity index (χ2n) is 8.21. The van der Waals surface area contributed by atoms with Crippen LogP contribution in [-0.4, -0.2) is 29.9 Å². The van der Waals surface area contributed by atoms with Gasteiger partial charge in [-0.3, -0.25) is 19.6 Å². The Morgan fingerprint density at radius 2 is 1.18 bits per heavy atom. The van der Waals surface area contributed by atoms with E-state index < -0.39 is 0 Å². The van der Waals surface area contributed by atoms with Gasteiger partial charge in [-0.15, -0.1) is 22.7 Å². The number of fused-ring (bicyclic) bond motifs is 2. The molecule has 0 saturated heterocycles. The average Bonchev–Trinajstić information content (AvgIpc) is 3.59. The molecule has 0 unspecified atom stereocenters. The molecule has 11 heteroatoms. The zero-order chi connectivity index (χ0) is 26.8. The van der Waals surface area contributed by atoms with E-state index in [0.29, 0.717) is 38.0 Å². The number of pyridine rings is 2. The maximum Gasteiger partial charge on any atom is 0.269 e. The van der Waals surface area contributed by atoms with Crippen LogP contribution in [0.15, 0.2) is 104 Å². The highest BCUT2D eigenvalue weighted by atomic mass is 79.9. The maximum absolute atomic E-state index is 12.3. The third-order valence-electron chi connectivity index (χ3n) is 5.71. The lowest BCUT2D eigenvalue weighted by atomic mass is 10.1. The monoisotopic (exact) mass is 612 g/mol. The predicted molar refractivity (Wildman–Crippen MR) is 160 cm³/mol. The minimum absolute atomic E-state index is 0.127. The first-order chi connectivity index (χ1) is 19.1. The summed E-state index contributed by atoms with van der Waals surface area (Å²) in [7, 11) is 0. The number of aromatic nitrogens is 6. The summed E-state index contributed by atoms with van der Waals surface area (Å²) in [5, 5.41) is 3.83. The molecule has 0 aliphatic carbocycles. The molecule has 7 rings (SSSR count). The molecule has 0 atom stereocenters. The lowest BCUT2D eigenvalue weighted by Crippen LogP contribution is -2.08. The van der Waals surface area contributed by atoms with Crippen LogP contribution < -0.4 is 11.1 Å². The van der Waals surface area contributed by atoms with Crippen LogP contribution in [0.4, 0.5) is 0 Å². The number of nitrogens with one attached hydrogen (secondary N) is 2. The van der Waals surface area contributed by atoms with Crippen molar-refractivity contribution in [1.82, 2.24) is 29.9 Å². The Bertz CT molecular complexity index is 2020. The van der Waals surface area contributed by atoms with E-state index in [4.69, 9.17) is 0 Å². The Labute approximate surface area is 237 Å². The third kappa shape index (κ3) is 5.07. The molecule has 0 saturated carbocycles. The first-order valence-corrected chi connectivity index (χ1v) is 14.2. The smallest absolute Gasteiger partial charge is 0.269 e. The Balaban J connectivity index is 0.000000147. The lowest BCUT2D eigenvalue weighted by Gasteiger charge is -2.02. The Hall–Kier alpha value is -4.32. The highest BCUT2D eigenvalue weighted by Gasteiger charge is 2.14. The van der Waals surface area contributed by atoms with Gasteiger partial charge in [0.05, 0.1) is 9.99 Å². The second kappa shape index (κ2) is 10.8. The predicted octanol–water partition coefficient (Wildman–Crippen LogP) is 6.52. The molecular formula is C28H17BrN6O2S2. The number of hydrogen-bond donors (Lipinski definition) is 2. The standard InChI is InChI=1S/C17H11N3OS.C11H6BrN3OS/c21-17-15-14(12(10-22-15)11-6-2-1-3-7-11)19-16(20-17)13-8-4-5-9-18-13;12-6-5-17-9-8(6)14-10(15-11(9)16)7-3-1-2-4-13-7/h1-10H,(H,19,20,21);1-5H,(H,14,15,16). The van der Waals surface area contributed by atoms with Crippen molar-refractivity contribution in [2.45, 2.75) is 0 Å². The minimum Gasteiger partial charge on any atom is -0.304 e. The van der Waals surface area contributed by atoms with Gasteiger partial charge in [0.15, 0.2) is 11.6 Å². The molecule has 0 aliphatic rings. The summed E-state index contributed by atoms with van der Waals surface area (Å²) in [6.07, 6.45) is 3.35. The van der Waals surface area contributed by atoms with Crippen molar-refractivity contribution in [3.05, 3.63) is 115 Å². The van der Waals surface area contributed by atoms with Crippen LogP contribution >= 0.6 is 38.6 Å². The lowest BCUT2D eigenvalue weighted by molar-refractivity contribution is 1.15. The second-order valence-corrected chi connectivity index (χ2v) is 10.8. The van der Waals surface area contributed by atoms with Gasteiger partial charge in [-0.05, 0) is 45.8 Å². The van der Waals surface area contributed by atoms with Crippen molar-refractivity contribution >= 4 is 59.0 Å². The molecule has 1 aromatic carbocycles. The maximum atomic E-state index is 12.3. The van der Waals surface area contributed by atoms with Gasteiger partial charge in [0, 0.05) is 28.7 Å². The van der Waals surface area contributed by atoms with Gasteiger partial charge < -0.3 is 9.97 Å². The van der Waals surface area contributed by atoms with Crippen molar-refractivity contribution in [1.29, 1.82) is 0 Å². The van der Waals surface area contributed by atoms with Gasteiger partial charge in [0.1, 0.15) is 26.3 Å². The Morgan fingerprint density at radius 1 is 0.641 bits per heavy atom. The molecule has 0 bridgehead atoms. The quantitative estimate of drug-likeness (QED) is 0.234. The van der Waals surface area contributed by atoms with Gasteiger partial charge in [-0.25, -0.2) is 9.97 Å². The number of rotatable bonds is 3. The normalized spacial score (nSPS) is 10.9. The number of nitrogens with zero attached hydrogens (tertiary/aromatic N) is 4. The van der Waals surface area contributed by atoms with E-state index in [1.165, 1.54) is 22.7 Å². The first-order valence-electron chi connectivity index (χ1n) is 11.7. The van der Waals surface area contributed by atoms with E-state index >= 15 is 0 Å². The summed E-state index contributed by atoms with van der Waals surface area (Å²) in [4.78, 5) is 47.2. The zero-order valence-electron chi connectivity index (χ0n) is 20.0. The summed E-state index contributed by atoms with van der Waals surface area (Å²) < 4.78 is 2.09. The fourth-order valence-corrected chi connectivity index (χ4v) is 6.26. The number of benzene rings is 1. The van der Waals surface area contributed by atoms with Crippen molar-refractivity contribution in [2.75, 3.05) is 0 Å². The third-order valence-corrected chi connectivity index (χ3v) is 8.55. The van der Waals surface area contributed by atoms with Crippen LogP contribution in [0.25, 0.3) is 54.6 Å². The van der Waals surface area contributed by atoms with Crippen molar-refractivity contribution in [3.8, 4) is 34.2 Å². The first kappa shape index (κ1) is 25.0. The largest absolute Gasteiger partial charge is 0.304 e. The topological polar surface area (TPSA) is 117 Å². The highest BCUT2D eigenvalue weighted by Crippen LogP contribution is 2.31. The van der Waals surface area contributed by atoms with Crippen LogP contribution in [0.5, 0.6) is 0 Å². The summed E-state index contributed by atoms with van der Waals surface area (Å²) >= 11 is 6.17. The van der Waals surface area contributed by atoms with Gasteiger partial charge in [-0.2, -0.15) is 0 Å². The van der Waals surface area contributed by atoms with E-state index in [2.05, 4.69) is 45.8 Å². The fraction of sp³-hybridized carbons (Fsp3) is 0. The van der Waals surface area contributed by atoms with Crippen LogP contribution in [0.2, 0.25) is 0 Å². The van der Waals surface area contributed by atoms with Crippen LogP contribution in [0.3, 0.4) is 0 Å². The molecule has 6 heterocycles. The van der Waals surface area contributed by atoms with E-state index in [9.17, 15) is 9.59 Å². The SMILES string of the molecule is O=c1[nH]c(-c2ccccn2)nc2c(-c3ccccc3)csc12.O=c1[nH]c(-c2ccccn2)nc2c(Br)csc12. The average molecular weight is 614 g/mol. The van der Waals surface area contributed by atoms with Gasteiger partial charge >= 0.3 is 0 Å². The van der Waals surface area contributed by atoms with E-state index in [-0.39, 0.29) is 11.1 Å². The molecule has 2 N–H and O–H groups in total. The van der Waals surface area contributed by atoms with E-state index in [1.54, 1.807) is 12.4 Å². The van der Waals surface area contributed by atoms with Gasteiger partial charge in [-0.1, -0.05) is 42.5 Å². The summed E-state index contributed by atoms with van der Waals surface area (Å²) in [6.45, 7) is 0. The van der Waals surface area contributed by atoms with Crippen LogP contribution in [0.1, 0.15) is 0 Å². The van der Waals surface area contributed by atoms with E-state index in [1.807, 2.05) is 77.5 Å². The Morgan fingerprint density at radius 3 is 1.77 bits per heavy atom. The van der Waals surface area contributed by atoms with Crippen molar-refractivity contribution < 1.29 is 0 Å². The number of aromatic amines is 2. The zero-order valence-corrected chi connectivity index (χ0v) is 23.2. The molecule has 0 amide bonds. The molecule has 0 aliphatic heterocycles. The van der Waals surface area contributed by atoms with Crippen LogP contribution in [0, 0.1) is 0 Å². The summed E-state index contributed by atoms with van der Waals surface area (Å²) in [5.41, 5.74) is 4.49. The number of hydrogen-bond acceptors (Lipinski definition) is 8. The molecule has 190 valence electrons. The molecule has 0 spiro atoms. The highest BCUT2D eigenvalue weighted by molar-refractivity contribution is 9.10. The molecule has 8 nitrogen and oxygen atoms in total. The summed E-state index contributed by atoms with van der Waals surface area (Å²) in [6, 6.07) is 21.0. The number of thiophene rings is 2. The minimum atomic E-state index is -0.133. The molecule has 0 fully saturated rings. The molecule has 6 aromatic heterocycles. The molecule has 7 aromatic rings.